The summed E-state index contributed by atoms with van der Waals surface area (Å²) in [6.45, 7) is 6.48. The molecule has 0 atom stereocenters. The zero-order valence-electron chi connectivity index (χ0n) is 11.1. The van der Waals surface area contributed by atoms with Crippen molar-refractivity contribution in [1.82, 2.24) is 9.88 Å². The molecule has 1 heterocycles. The summed E-state index contributed by atoms with van der Waals surface area (Å²) in [5.41, 5.74) is 7.52. The number of hydrogen-bond donors (Lipinski definition) is 1. The Morgan fingerprint density at radius 3 is 2.89 bits per heavy atom. The minimum atomic E-state index is -0.188. The third-order valence-electron chi connectivity index (χ3n) is 2.60. The predicted molar refractivity (Wildman–Crippen MR) is 69.7 cm³/mol. The molecule has 18 heavy (non-hydrogen) atoms. The highest BCUT2D eigenvalue weighted by atomic mass is 16.5. The van der Waals surface area contributed by atoms with Gasteiger partial charge in [-0.3, -0.25) is 14.7 Å². The van der Waals surface area contributed by atoms with Crippen molar-refractivity contribution in [3.63, 3.8) is 0 Å². The van der Waals surface area contributed by atoms with E-state index in [1.165, 1.54) is 0 Å². The second-order valence-corrected chi connectivity index (χ2v) is 3.97. The van der Waals surface area contributed by atoms with Gasteiger partial charge in [-0.15, -0.1) is 0 Å². The molecular formula is C13H21N3O2. The Morgan fingerprint density at radius 2 is 2.28 bits per heavy atom. The van der Waals surface area contributed by atoms with E-state index in [0.29, 0.717) is 26.2 Å². The molecular weight excluding hydrogens is 230 g/mol. The van der Waals surface area contributed by atoms with Gasteiger partial charge in [0.25, 0.3) is 0 Å². The van der Waals surface area contributed by atoms with Crippen LogP contribution in [0.25, 0.3) is 0 Å². The van der Waals surface area contributed by atoms with Crippen LogP contribution in [0.2, 0.25) is 0 Å². The Morgan fingerprint density at radius 1 is 1.50 bits per heavy atom. The summed E-state index contributed by atoms with van der Waals surface area (Å²) in [6.07, 6.45) is 1.75. The van der Waals surface area contributed by atoms with E-state index < -0.39 is 0 Å². The summed E-state index contributed by atoms with van der Waals surface area (Å²) in [4.78, 5) is 17.6. The fourth-order valence-corrected chi connectivity index (χ4v) is 1.67. The average molecular weight is 251 g/mol. The summed E-state index contributed by atoms with van der Waals surface area (Å²) in [5.74, 6) is -0.188. The number of carbonyl (C=O) groups is 1. The maximum Gasteiger partial charge on any atom is 0.320 e. The molecule has 1 rings (SSSR count). The number of carbonyl (C=O) groups excluding carboxylic acids is 1. The Balaban J connectivity index is 2.58. The van der Waals surface area contributed by atoms with Gasteiger partial charge >= 0.3 is 5.97 Å². The van der Waals surface area contributed by atoms with Gasteiger partial charge in [-0.2, -0.15) is 0 Å². The van der Waals surface area contributed by atoms with Crippen molar-refractivity contribution in [3.8, 4) is 0 Å². The lowest BCUT2D eigenvalue weighted by Crippen LogP contribution is -2.30. The molecule has 0 spiro atoms. The van der Waals surface area contributed by atoms with Crippen LogP contribution < -0.4 is 5.73 Å². The van der Waals surface area contributed by atoms with E-state index in [-0.39, 0.29) is 5.97 Å². The third kappa shape index (κ3) is 4.81. The van der Waals surface area contributed by atoms with Crippen molar-refractivity contribution < 1.29 is 9.53 Å². The summed E-state index contributed by atoms with van der Waals surface area (Å²) in [6, 6.07) is 3.90. The Bertz CT molecular complexity index is 382. The molecule has 2 N–H and O–H groups in total. The standard InChI is InChI=1S/C13H21N3O2/c1-3-16(10-13(17)18-4-2)9-11-5-6-15-12(7-11)8-14/h5-7H,3-4,8-10,14H2,1-2H3. The summed E-state index contributed by atoms with van der Waals surface area (Å²) >= 11 is 0. The van der Waals surface area contributed by atoms with E-state index in [1.807, 2.05) is 30.9 Å². The Kier molecular flexibility index (Phi) is 6.32. The second kappa shape index (κ2) is 7.79. The highest BCUT2D eigenvalue weighted by Crippen LogP contribution is 2.06. The summed E-state index contributed by atoms with van der Waals surface area (Å²) in [5, 5.41) is 0. The zero-order valence-corrected chi connectivity index (χ0v) is 11.1. The first kappa shape index (κ1) is 14.6. The molecule has 1 aromatic heterocycles. The minimum absolute atomic E-state index is 0.188. The van der Waals surface area contributed by atoms with Gasteiger partial charge in [0.2, 0.25) is 0 Å². The highest BCUT2D eigenvalue weighted by molar-refractivity contribution is 5.71. The first-order valence-corrected chi connectivity index (χ1v) is 6.21. The van der Waals surface area contributed by atoms with Crippen LogP contribution in [0.4, 0.5) is 0 Å². The molecule has 0 saturated heterocycles. The molecule has 0 radical (unpaired) electrons. The van der Waals surface area contributed by atoms with Gasteiger partial charge in [0.05, 0.1) is 18.8 Å². The second-order valence-electron chi connectivity index (χ2n) is 3.97. The molecule has 0 aliphatic rings. The number of likely N-dealkylation sites (N-methyl/N-ethyl adjacent to an activating group) is 1. The molecule has 0 aromatic carbocycles. The maximum absolute atomic E-state index is 11.4. The lowest BCUT2D eigenvalue weighted by molar-refractivity contribution is -0.144. The van der Waals surface area contributed by atoms with Crippen LogP contribution in [0.1, 0.15) is 25.1 Å². The number of rotatable bonds is 7. The molecule has 0 saturated carbocycles. The number of esters is 1. The molecule has 0 fully saturated rings. The molecule has 100 valence electrons. The Labute approximate surface area is 108 Å². The van der Waals surface area contributed by atoms with Gasteiger partial charge in [0.1, 0.15) is 0 Å². The van der Waals surface area contributed by atoms with Gasteiger partial charge in [-0.25, -0.2) is 0 Å². The van der Waals surface area contributed by atoms with Gasteiger partial charge in [-0.1, -0.05) is 6.92 Å². The molecule has 0 aliphatic heterocycles. The monoisotopic (exact) mass is 251 g/mol. The lowest BCUT2D eigenvalue weighted by Gasteiger charge is -2.19. The van der Waals surface area contributed by atoms with Crippen LogP contribution >= 0.6 is 0 Å². The topological polar surface area (TPSA) is 68.5 Å². The number of aromatic nitrogens is 1. The summed E-state index contributed by atoms with van der Waals surface area (Å²) < 4.78 is 4.94. The van der Waals surface area contributed by atoms with Crippen molar-refractivity contribution in [3.05, 3.63) is 29.6 Å². The fraction of sp³-hybridized carbons (Fsp3) is 0.538. The first-order valence-electron chi connectivity index (χ1n) is 6.21. The molecule has 0 amide bonds. The largest absolute Gasteiger partial charge is 0.465 e. The van der Waals surface area contributed by atoms with E-state index >= 15 is 0 Å². The van der Waals surface area contributed by atoms with Gasteiger partial charge in [0, 0.05) is 19.3 Å². The average Bonchev–Trinajstić information content (AvgIpc) is 2.38. The lowest BCUT2D eigenvalue weighted by atomic mass is 10.2. The number of ether oxygens (including phenoxy) is 1. The third-order valence-corrected chi connectivity index (χ3v) is 2.60. The SMILES string of the molecule is CCOC(=O)CN(CC)Cc1ccnc(CN)c1. The Hall–Kier alpha value is -1.46. The van der Waals surface area contributed by atoms with Crippen molar-refractivity contribution in [1.29, 1.82) is 0 Å². The van der Waals surface area contributed by atoms with E-state index in [0.717, 1.165) is 17.8 Å². The minimum Gasteiger partial charge on any atom is -0.465 e. The van der Waals surface area contributed by atoms with Crippen molar-refractivity contribution in [2.75, 3.05) is 19.7 Å². The van der Waals surface area contributed by atoms with Crippen LogP contribution in [-0.2, 0) is 22.6 Å². The van der Waals surface area contributed by atoms with Gasteiger partial charge in [-0.05, 0) is 31.2 Å². The first-order chi connectivity index (χ1) is 8.69. The molecule has 1 aromatic rings. The van der Waals surface area contributed by atoms with Crippen LogP contribution in [0.15, 0.2) is 18.3 Å². The number of nitrogens with zero attached hydrogens (tertiary/aromatic N) is 2. The molecule has 5 heteroatoms. The van der Waals surface area contributed by atoms with E-state index in [9.17, 15) is 4.79 Å². The van der Waals surface area contributed by atoms with E-state index in [4.69, 9.17) is 10.5 Å². The van der Waals surface area contributed by atoms with Crippen LogP contribution in [0.3, 0.4) is 0 Å². The predicted octanol–water partition coefficient (Wildman–Crippen LogP) is 0.925. The van der Waals surface area contributed by atoms with Crippen LogP contribution in [0.5, 0.6) is 0 Å². The molecule has 5 nitrogen and oxygen atoms in total. The summed E-state index contributed by atoms with van der Waals surface area (Å²) in [7, 11) is 0. The van der Waals surface area contributed by atoms with Crippen LogP contribution in [0, 0.1) is 0 Å². The smallest absolute Gasteiger partial charge is 0.320 e. The molecule has 0 unspecified atom stereocenters. The van der Waals surface area contributed by atoms with Gasteiger partial charge < -0.3 is 10.5 Å². The van der Waals surface area contributed by atoms with Gasteiger partial charge in [0.15, 0.2) is 0 Å². The van der Waals surface area contributed by atoms with E-state index in [2.05, 4.69) is 4.98 Å². The quantitative estimate of drug-likeness (QED) is 0.730. The number of nitrogens with two attached hydrogens (primary N) is 1. The normalized spacial score (nSPS) is 10.7. The van der Waals surface area contributed by atoms with Crippen LogP contribution in [-0.4, -0.2) is 35.5 Å². The van der Waals surface area contributed by atoms with Crippen molar-refractivity contribution >= 4 is 5.97 Å². The van der Waals surface area contributed by atoms with E-state index in [1.54, 1.807) is 6.20 Å². The molecule has 0 aliphatic carbocycles. The molecule has 0 bridgehead atoms. The van der Waals surface area contributed by atoms with Crippen molar-refractivity contribution in [2.45, 2.75) is 26.9 Å². The van der Waals surface area contributed by atoms with Crippen molar-refractivity contribution in [2.24, 2.45) is 5.73 Å². The number of pyridine rings is 1. The maximum atomic E-state index is 11.4. The number of hydrogen-bond acceptors (Lipinski definition) is 5. The highest BCUT2D eigenvalue weighted by Gasteiger charge is 2.10. The fourth-order valence-electron chi connectivity index (χ4n) is 1.67. The zero-order chi connectivity index (χ0) is 13.4.